The van der Waals surface area contributed by atoms with Crippen molar-refractivity contribution < 1.29 is 19.7 Å². The summed E-state index contributed by atoms with van der Waals surface area (Å²) < 4.78 is 11.5. The van der Waals surface area contributed by atoms with Crippen LogP contribution >= 0.6 is 0 Å². The maximum atomic E-state index is 9.70. The molecule has 2 aromatic carbocycles. The molecule has 0 amide bonds. The molecule has 5 nitrogen and oxygen atoms in total. The lowest BCUT2D eigenvalue weighted by atomic mass is 10.2. The van der Waals surface area contributed by atoms with Gasteiger partial charge in [0.1, 0.15) is 24.2 Å². The van der Waals surface area contributed by atoms with E-state index in [0.717, 1.165) is 17.1 Å². The van der Waals surface area contributed by atoms with Crippen LogP contribution in [0.4, 0.5) is 0 Å². The van der Waals surface area contributed by atoms with Crippen LogP contribution in [0.5, 0.6) is 23.0 Å². The van der Waals surface area contributed by atoms with Gasteiger partial charge in [0.2, 0.25) is 0 Å². The molecule has 0 radical (unpaired) electrons. The predicted octanol–water partition coefficient (Wildman–Crippen LogP) is 2.03. The largest absolute Gasteiger partial charge is 0.508 e. The Balaban J connectivity index is 1.52. The molecular formula is C16H17NO4. The minimum atomic E-state index is -0.0702. The number of rotatable bonds is 4. The topological polar surface area (TPSA) is 71.0 Å². The number of benzene rings is 2. The van der Waals surface area contributed by atoms with E-state index in [9.17, 15) is 10.2 Å². The highest BCUT2D eigenvalue weighted by atomic mass is 16.6. The van der Waals surface area contributed by atoms with Crippen molar-refractivity contribution >= 4 is 0 Å². The van der Waals surface area contributed by atoms with Crippen molar-refractivity contribution in [3.05, 3.63) is 48.0 Å². The van der Waals surface area contributed by atoms with Crippen LogP contribution in [0.2, 0.25) is 0 Å². The van der Waals surface area contributed by atoms with Crippen LogP contribution < -0.4 is 14.8 Å². The van der Waals surface area contributed by atoms with Crippen molar-refractivity contribution in [2.24, 2.45) is 0 Å². The van der Waals surface area contributed by atoms with Crippen LogP contribution in [-0.4, -0.2) is 29.5 Å². The van der Waals surface area contributed by atoms with Crippen molar-refractivity contribution in [2.45, 2.75) is 12.6 Å². The van der Waals surface area contributed by atoms with Crippen molar-refractivity contribution in [3.63, 3.8) is 0 Å². The Morgan fingerprint density at radius 2 is 1.90 bits per heavy atom. The second kappa shape index (κ2) is 5.93. The van der Waals surface area contributed by atoms with Crippen molar-refractivity contribution in [2.75, 3.05) is 13.2 Å². The Kier molecular flexibility index (Phi) is 3.83. The maximum absolute atomic E-state index is 9.70. The zero-order valence-electron chi connectivity index (χ0n) is 11.5. The Labute approximate surface area is 122 Å². The fourth-order valence-corrected chi connectivity index (χ4v) is 2.23. The van der Waals surface area contributed by atoms with Gasteiger partial charge < -0.3 is 25.0 Å². The van der Waals surface area contributed by atoms with Gasteiger partial charge >= 0.3 is 0 Å². The molecule has 0 aromatic heterocycles. The monoisotopic (exact) mass is 287 g/mol. The summed E-state index contributed by atoms with van der Waals surface area (Å²) in [6.45, 7) is 1.59. The molecule has 3 rings (SSSR count). The summed E-state index contributed by atoms with van der Waals surface area (Å²) >= 11 is 0. The van der Waals surface area contributed by atoms with Crippen LogP contribution in [0.3, 0.4) is 0 Å². The molecule has 1 atom stereocenters. The number of phenols is 2. The number of aromatic hydroxyl groups is 2. The molecule has 2 aromatic rings. The van der Waals surface area contributed by atoms with E-state index in [1.54, 1.807) is 12.1 Å². The molecule has 3 N–H and O–H groups in total. The van der Waals surface area contributed by atoms with E-state index in [2.05, 4.69) is 5.32 Å². The first-order valence-electron chi connectivity index (χ1n) is 6.82. The van der Waals surface area contributed by atoms with E-state index < -0.39 is 0 Å². The number of hydrogen-bond donors (Lipinski definition) is 3. The van der Waals surface area contributed by atoms with Gasteiger partial charge in [0.15, 0.2) is 11.5 Å². The van der Waals surface area contributed by atoms with Gasteiger partial charge in [-0.05, 0) is 18.2 Å². The second-order valence-corrected chi connectivity index (χ2v) is 4.94. The molecule has 0 aliphatic carbocycles. The normalized spacial score (nSPS) is 16.7. The number of nitrogens with one attached hydrogen (secondary N) is 1. The van der Waals surface area contributed by atoms with Crippen LogP contribution in [0.25, 0.3) is 0 Å². The molecular weight excluding hydrogens is 270 g/mol. The number of fused-ring (bicyclic) bond motifs is 1. The van der Waals surface area contributed by atoms with Gasteiger partial charge in [-0.15, -0.1) is 0 Å². The van der Waals surface area contributed by atoms with Crippen LogP contribution in [0.15, 0.2) is 42.5 Å². The summed E-state index contributed by atoms with van der Waals surface area (Å²) in [6, 6.07) is 12.1. The molecule has 0 saturated heterocycles. The third-order valence-electron chi connectivity index (χ3n) is 3.32. The van der Waals surface area contributed by atoms with E-state index >= 15 is 0 Å². The average Bonchev–Trinajstić information content (AvgIpc) is 2.49. The van der Waals surface area contributed by atoms with Gasteiger partial charge in [0.25, 0.3) is 0 Å². The first-order valence-corrected chi connectivity index (χ1v) is 6.82. The molecule has 1 unspecified atom stereocenters. The fraction of sp³-hybridized carbons (Fsp3) is 0.250. The zero-order valence-corrected chi connectivity index (χ0v) is 11.5. The summed E-state index contributed by atoms with van der Waals surface area (Å²) in [5, 5.41) is 22.2. The molecule has 0 fully saturated rings. The number of hydrogen-bond acceptors (Lipinski definition) is 5. The molecule has 1 heterocycles. The van der Waals surface area contributed by atoms with Gasteiger partial charge in [-0.2, -0.15) is 0 Å². The number of ether oxygens (including phenoxy) is 2. The number of phenolic OH excluding ortho intramolecular Hbond substituents is 2. The summed E-state index contributed by atoms with van der Waals surface area (Å²) in [6.07, 6.45) is -0.0702. The number of para-hydroxylation sites is 2. The lowest BCUT2D eigenvalue weighted by Gasteiger charge is -2.26. The smallest absolute Gasteiger partial charge is 0.161 e. The second-order valence-electron chi connectivity index (χ2n) is 4.94. The highest BCUT2D eigenvalue weighted by Crippen LogP contribution is 2.30. The average molecular weight is 287 g/mol. The SMILES string of the molecule is Oc1ccc(CNCC2COc3ccccc3O2)c(O)c1. The molecule has 110 valence electrons. The maximum Gasteiger partial charge on any atom is 0.161 e. The summed E-state index contributed by atoms with van der Waals surface area (Å²) in [4.78, 5) is 0. The summed E-state index contributed by atoms with van der Waals surface area (Å²) in [7, 11) is 0. The van der Waals surface area contributed by atoms with Crippen molar-refractivity contribution in [1.29, 1.82) is 0 Å². The van der Waals surface area contributed by atoms with Gasteiger partial charge in [-0.1, -0.05) is 18.2 Å². The fourth-order valence-electron chi connectivity index (χ4n) is 2.23. The van der Waals surface area contributed by atoms with Gasteiger partial charge in [-0.3, -0.25) is 0 Å². The van der Waals surface area contributed by atoms with E-state index in [-0.39, 0.29) is 17.6 Å². The Bertz CT molecular complexity index is 629. The van der Waals surface area contributed by atoms with Gasteiger partial charge in [0.05, 0.1) is 0 Å². The quantitative estimate of drug-likeness (QED) is 0.802. The van der Waals surface area contributed by atoms with E-state index in [4.69, 9.17) is 9.47 Å². The molecule has 1 aliphatic rings. The third-order valence-corrected chi connectivity index (χ3v) is 3.32. The first kappa shape index (κ1) is 13.6. The Morgan fingerprint density at radius 3 is 2.71 bits per heavy atom. The van der Waals surface area contributed by atoms with Crippen molar-refractivity contribution in [3.8, 4) is 23.0 Å². The highest BCUT2D eigenvalue weighted by Gasteiger charge is 2.20. The first-order chi connectivity index (χ1) is 10.2. The highest BCUT2D eigenvalue weighted by molar-refractivity contribution is 5.41. The third kappa shape index (κ3) is 3.20. The van der Waals surface area contributed by atoms with Gasteiger partial charge in [-0.25, -0.2) is 0 Å². The van der Waals surface area contributed by atoms with Gasteiger partial charge in [0, 0.05) is 24.7 Å². The molecule has 1 aliphatic heterocycles. The molecule has 0 bridgehead atoms. The molecule has 0 saturated carbocycles. The molecule has 21 heavy (non-hydrogen) atoms. The Hall–Kier alpha value is -2.40. The lowest BCUT2D eigenvalue weighted by Crippen LogP contribution is -2.38. The van der Waals surface area contributed by atoms with Crippen LogP contribution in [0, 0.1) is 0 Å². The van der Waals surface area contributed by atoms with E-state index in [1.807, 2.05) is 24.3 Å². The molecule has 0 spiro atoms. The minimum Gasteiger partial charge on any atom is -0.508 e. The van der Waals surface area contributed by atoms with E-state index in [0.29, 0.717) is 19.7 Å². The van der Waals surface area contributed by atoms with Crippen molar-refractivity contribution in [1.82, 2.24) is 5.32 Å². The van der Waals surface area contributed by atoms with Crippen LogP contribution in [0.1, 0.15) is 5.56 Å². The lowest BCUT2D eigenvalue weighted by molar-refractivity contribution is 0.0902. The standard InChI is InChI=1S/C16H17NO4/c18-12-6-5-11(14(19)7-12)8-17-9-13-10-20-15-3-1-2-4-16(15)21-13/h1-7,13,17-19H,8-10H2. The molecule has 5 heteroatoms. The van der Waals surface area contributed by atoms with E-state index in [1.165, 1.54) is 6.07 Å². The summed E-state index contributed by atoms with van der Waals surface area (Å²) in [5.74, 6) is 1.65. The summed E-state index contributed by atoms with van der Waals surface area (Å²) in [5.41, 5.74) is 0.727. The predicted molar refractivity (Wildman–Crippen MR) is 77.8 cm³/mol. The zero-order chi connectivity index (χ0) is 14.7. The minimum absolute atomic E-state index is 0.0527. The van der Waals surface area contributed by atoms with Crippen LogP contribution in [-0.2, 0) is 6.54 Å². The Morgan fingerprint density at radius 1 is 1.10 bits per heavy atom.